The Morgan fingerprint density at radius 1 is 1.02 bits per heavy atom. The van der Waals surface area contributed by atoms with E-state index in [-0.39, 0.29) is 17.9 Å². The summed E-state index contributed by atoms with van der Waals surface area (Å²) in [6.45, 7) is 5.71. The molecule has 42 heavy (non-hydrogen) atoms. The maximum atomic E-state index is 12.8. The van der Waals surface area contributed by atoms with Gasteiger partial charge in [0.1, 0.15) is 36.8 Å². The number of carboxylic acids is 1. The molecule has 0 fully saturated rings. The van der Waals surface area contributed by atoms with E-state index in [2.05, 4.69) is 10.5 Å². The average molecular weight is 592 g/mol. The van der Waals surface area contributed by atoms with Gasteiger partial charge in [-0.1, -0.05) is 65.0 Å². The summed E-state index contributed by atoms with van der Waals surface area (Å²) in [5, 5.41) is 16.1. The van der Waals surface area contributed by atoms with Gasteiger partial charge in [0, 0.05) is 17.5 Å². The highest BCUT2D eigenvalue weighted by Crippen LogP contribution is 2.22. The van der Waals surface area contributed by atoms with Gasteiger partial charge >= 0.3 is 16.9 Å². The maximum absolute atomic E-state index is 12.8. The van der Waals surface area contributed by atoms with Crippen molar-refractivity contribution in [1.82, 2.24) is 9.88 Å². The molecule has 4 aromatic rings. The molecule has 0 radical (unpaired) electrons. The van der Waals surface area contributed by atoms with Gasteiger partial charge in [0.25, 0.3) is 0 Å². The van der Waals surface area contributed by atoms with Crippen LogP contribution < -0.4 is 14.9 Å². The predicted octanol–water partition coefficient (Wildman–Crippen LogP) is 5.06. The van der Waals surface area contributed by atoms with Crippen LogP contribution in [0.5, 0.6) is 5.75 Å². The lowest BCUT2D eigenvalue weighted by atomic mass is 10.0. The lowest BCUT2D eigenvalue weighted by Crippen LogP contribution is -2.44. The van der Waals surface area contributed by atoms with Gasteiger partial charge in [0.05, 0.1) is 16.8 Å². The van der Waals surface area contributed by atoms with E-state index in [1.54, 1.807) is 49.6 Å². The number of rotatable bonds is 11. The van der Waals surface area contributed by atoms with Crippen LogP contribution in [-0.2, 0) is 27.3 Å². The number of alkyl carbamates (subject to hydrolysis) is 1. The van der Waals surface area contributed by atoms with Crippen LogP contribution in [0.25, 0.3) is 10.2 Å². The second-order valence-electron chi connectivity index (χ2n) is 10.4. The molecule has 11 heteroatoms. The molecule has 1 unspecified atom stereocenters. The summed E-state index contributed by atoms with van der Waals surface area (Å²) in [5.41, 5.74) is 3.19. The fraction of sp³-hybridized carbons (Fsp3) is 0.290. The molecule has 10 nitrogen and oxygen atoms in total. The summed E-state index contributed by atoms with van der Waals surface area (Å²) in [7, 11) is 1.50. The highest BCUT2D eigenvalue weighted by molar-refractivity contribution is 7.16. The molecule has 0 saturated carbocycles. The second kappa shape index (κ2) is 13.3. The second-order valence-corrected chi connectivity index (χ2v) is 11.4. The number of oxime groups is 1. The Bertz CT molecular complexity index is 1620. The standard InChI is InChI=1S/C31H33N3O7S/c1-31(2,3)41-29(37)32-24(28(35)36)18-20-10-13-23(14-11-20)40-17-16-34-25-15-12-22(19-26(25)42-30(34)38)27(33-39-4)21-8-6-5-7-9-21/h5-15,19,24H,16-18H2,1-4H3,(H,32,37)(H,35,36). The van der Waals surface area contributed by atoms with Gasteiger partial charge in [-0.05, 0) is 50.6 Å². The van der Waals surface area contributed by atoms with Crippen molar-refractivity contribution >= 4 is 39.3 Å². The molecule has 0 saturated heterocycles. The zero-order valence-corrected chi connectivity index (χ0v) is 24.6. The number of aliphatic carboxylic acids is 1. The van der Waals surface area contributed by atoms with E-state index in [1.165, 1.54) is 7.11 Å². The van der Waals surface area contributed by atoms with Crippen molar-refractivity contribution < 1.29 is 29.0 Å². The summed E-state index contributed by atoms with van der Waals surface area (Å²) in [6, 6.07) is 21.2. The number of carbonyl (C=O) groups excluding carboxylic acids is 1. The number of thiazole rings is 1. The van der Waals surface area contributed by atoms with Crippen molar-refractivity contribution in [2.24, 2.45) is 5.16 Å². The number of hydrogen-bond acceptors (Lipinski definition) is 8. The van der Waals surface area contributed by atoms with Gasteiger partial charge in [-0.25, -0.2) is 9.59 Å². The Hall–Kier alpha value is -4.64. The smallest absolute Gasteiger partial charge is 0.408 e. The molecule has 4 rings (SSSR count). The Kier molecular flexibility index (Phi) is 9.64. The average Bonchev–Trinajstić information content (AvgIpc) is 3.25. The van der Waals surface area contributed by atoms with E-state index in [1.807, 2.05) is 48.5 Å². The molecule has 220 valence electrons. The fourth-order valence-electron chi connectivity index (χ4n) is 4.25. The zero-order chi connectivity index (χ0) is 30.3. The first-order chi connectivity index (χ1) is 20.0. The van der Waals surface area contributed by atoms with Gasteiger partial charge < -0.3 is 24.7 Å². The molecule has 0 aliphatic rings. The number of ether oxygens (including phenoxy) is 2. The monoisotopic (exact) mass is 591 g/mol. The molecule has 0 aliphatic heterocycles. The van der Waals surface area contributed by atoms with Crippen molar-refractivity contribution in [2.45, 2.75) is 45.4 Å². The Balaban J connectivity index is 1.38. The van der Waals surface area contributed by atoms with Crippen LogP contribution in [0.3, 0.4) is 0 Å². The van der Waals surface area contributed by atoms with Crippen LogP contribution in [0.4, 0.5) is 4.79 Å². The highest BCUT2D eigenvalue weighted by Gasteiger charge is 2.24. The van der Waals surface area contributed by atoms with Crippen LogP contribution in [0.1, 0.15) is 37.5 Å². The molecule has 0 aliphatic carbocycles. The number of amides is 1. The van der Waals surface area contributed by atoms with E-state index < -0.39 is 23.7 Å². The largest absolute Gasteiger partial charge is 0.492 e. The third-order valence-electron chi connectivity index (χ3n) is 6.11. The number of nitrogens with one attached hydrogen (secondary N) is 1. The van der Waals surface area contributed by atoms with Crippen molar-refractivity contribution in [3.63, 3.8) is 0 Å². The summed E-state index contributed by atoms with van der Waals surface area (Å²) in [5.74, 6) is -0.590. The lowest BCUT2D eigenvalue weighted by Gasteiger charge is -2.22. The minimum atomic E-state index is -1.16. The normalized spacial score (nSPS) is 12.5. The number of hydrogen-bond donors (Lipinski definition) is 2. The van der Waals surface area contributed by atoms with Crippen molar-refractivity contribution in [3.05, 3.63) is 99.2 Å². The topological polar surface area (TPSA) is 128 Å². The van der Waals surface area contributed by atoms with E-state index in [0.717, 1.165) is 32.7 Å². The molecule has 0 bridgehead atoms. The Morgan fingerprint density at radius 2 is 1.74 bits per heavy atom. The van der Waals surface area contributed by atoms with Crippen LogP contribution >= 0.6 is 11.3 Å². The van der Waals surface area contributed by atoms with E-state index in [9.17, 15) is 19.5 Å². The van der Waals surface area contributed by atoms with Crippen molar-refractivity contribution in [3.8, 4) is 5.75 Å². The quantitative estimate of drug-likeness (QED) is 0.184. The number of benzene rings is 3. The molecular formula is C31H33N3O7S. The number of aromatic nitrogens is 1. The number of nitrogens with zero attached hydrogens (tertiary/aromatic N) is 2. The molecular weight excluding hydrogens is 558 g/mol. The van der Waals surface area contributed by atoms with E-state index >= 15 is 0 Å². The van der Waals surface area contributed by atoms with Gasteiger partial charge in [-0.2, -0.15) is 0 Å². The minimum absolute atomic E-state index is 0.0776. The molecule has 2 N–H and O–H groups in total. The first-order valence-corrected chi connectivity index (χ1v) is 14.1. The van der Waals surface area contributed by atoms with Crippen LogP contribution in [-0.4, -0.2) is 52.8 Å². The Morgan fingerprint density at radius 3 is 2.38 bits per heavy atom. The molecule has 1 atom stereocenters. The maximum Gasteiger partial charge on any atom is 0.408 e. The van der Waals surface area contributed by atoms with Crippen LogP contribution in [0, 0.1) is 0 Å². The molecule has 0 spiro atoms. The fourth-order valence-corrected chi connectivity index (χ4v) is 5.20. The Labute approximate surface area is 247 Å². The first kappa shape index (κ1) is 30.3. The molecule has 1 amide bonds. The highest BCUT2D eigenvalue weighted by atomic mass is 32.1. The number of carboxylic acid groups (broad SMARTS) is 1. The van der Waals surface area contributed by atoms with Gasteiger partial charge in [-0.15, -0.1) is 0 Å². The van der Waals surface area contributed by atoms with E-state index in [0.29, 0.717) is 23.6 Å². The molecule has 1 aromatic heterocycles. The number of carbonyl (C=O) groups is 2. The zero-order valence-electron chi connectivity index (χ0n) is 23.8. The van der Waals surface area contributed by atoms with Crippen LogP contribution in [0.2, 0.25) is 0 Å². The SMILES string of the molecule is CON=C(c1ccccc1)c1ccc2c(c1)sc(=O)n2CCOc1ccc(CC(NC(=O)OC(C)(C)C)C(=O)O)cc1. The van der Waals surface area contributed by atoms with Crippen LogP contribution in [0.15, 0.2) is 82.7 Å². The van der Waals surface area contributed by atoms with E-state index in [4.69, 9.17) is 14.3 Å². The van der Waals surface area contributed by atoms with Gasteiger partial charge in [0.2, 0.25) is 0 Å². The lowest BCUT2D eigenvalue weighted by molar-refractivity contribution is -0.139. The first-order valence-electron chi connectivity index (χ1n) is 13.3. The van der Waals surface area contributed by atoms with Crippen molar-refractivity contribution in [2.75, 3.05) is 13.7 Å². The molecule has 1 heterocycles. The van der Waals surface area contributed by atoms with Gasteiger partial charge in [-0.3, -0.25) is 9.36 Å². The summed E-state index contributed by atoms with van der Waals surface area (Å²) in [4.78, 5) is 41.5. The summed E-state index contributed by atoms with van der Waals surface area (Å²) >= 11 is 1.16. The number of fused-ring (bicyclic) bond motifs is 1. The van der Waals surface area contributed by atoms with Gasteiger partial charge in [0.15, 0.2) is 0 Å². The third-order valence-corrected chi connectivity index (χ3v) is 7.05. The predicted molar refractivity (Wildman–Crippen MR) is 162 cm³/mol. The molecule has 3 aromatic carbocycles. The van der Waals surface area contributed by atoms with Crippen molar-refractivity contribution in [1.29, 1.82) is 0 Å². The summed E-state index contributed by atoms with van der Waals surface area (Å²) < 4.78 is 13.5. The summed E-state index contributed by atoms with van der Waals surface area (Å²) in [6.07, 6.45) is -0.712. The minimum Gasteiger partial charge on any atom is -0.492 e. The third kappa shape index (κ3) is 7.97.